The number of ketones is 2. The topological polar surface area (TPSA) is 68.3 Å². The quantitative estimate of drug-likeness (QED) is 0.275. The van der Waals surface area contributed by atoms with E-state index in [0.717, 1.165) is 12.3 Å². The first-order chi connectivity index (χ1) is 12.4. The number of Topliss-reactive ketones (excluding diaryl/α,β-unsaturated/α-hetero) is 2. The maximum atomic E-state index is 13.1. The van der Waals surface area contributed by atoms with Crippen molar-refractivity contribution >= 4 is 44.9 Å². The molecule has 0 aromatic heterocycles. The smallest absolute Gasteiger partial charge is 0.294 e. The minimum Gasteiger partial charge on any atom is -0.294 e. The number of carbonyl (C=O) groups excluding carboxylic acids is 2. The van der Waals surface area contributed by atoms with Crippen molar-refractivity contribution in [3.8, 4) is 0 Å². The van der Waals surface area contributed by atoms with Crippen LogP contribution >= 0.6 is 23.5 Å². The van der Waals surface area contributed by atoms with Gasteiger partial charge >= 0.3 is 6.18 Å². The van der Waals surface area contributed by atoms with Crippen LogP contribution in [0.1, 0.15) is 28.8 Å². The van der Waals surface area contributed by atoms with Gasteiger partial charge in [-0.2, -0.15) is 13.2 Å². The summed E-state index contributed by atoms with van der Waals surface area (Å²) in [5, 5.41) is 0. The molecule has 1 fully saturated rings. The van der Waals surface area contributed by atoms with E-state index >= 15 is 0 Å². The van der Waals surface area contributed by atoms with Crippen LogP contribution < -0.4 is 0 Å². The number of allylic oxidation sites excluding steroid dienone is 1. The van der Waals surface area contributed by atoms with E-state index in [1.165, 1.54) is 23.5 Å². The zero-order valence-corrected chi connectivity index (χ0v) is 17.2. The highest BCUT2D eigenvalue weighted by Gasteiger charge is 2.38. The van der Waals surface area contributed by atoms with E-state index in [2.05, 4.69) is 0 Å². The molecular formula is C17H17F3O4S3. The van der Waals surface area contributed by atoms with Crippen molar-refractivity contribution in [3.05, 3.63) is 39.1 Å². The van der Waals surface area contributed by atoms with Crippen LogP contribution in [0, 0.1) is 5.92 Å². The third-order valence-corrected chi connectivity index (χ3v) is 7.24. The van der Waals surface area contributed by atoms with Gasteiger partial charge in [0.1, 0.15) is 0 Å². The Hall–Kier alpha value is -1.26. The second-order valence-electron chi connectivity index (χ2n) is 6.02. The highest BCUT2D eigenvalue weighted by molar-refractivity contribution is 8.21. The summed E-state index contributed by atoms with van der Waals surface area (Å²) >= 11 is 2.33. The third-order valence-electron chi connectivity index (χ3n) is 3.95. The molecular weight excluding hydrogens is 421 g/mol. The predicted molar refractivity (Wildman–Crippen MR) is 101 cm³/mol. The molecule has 1 saturated carbocycles. The molecule has 0 unspecified atom stereocenters. The van der Waals surface area contributed by atoms with Gasteiger partial charge in [0.2, 0.25) is 0 Å². The molecule has 1 aliphatic carbocycles. The summed E-state index contributed by atoms with van der Waals surface area (Å²) in [7, 11) is -4.13. The van der Waals surface area contributed by atoms with Gasteiger partial charge in [0, 0.05) is 17.7 Å². The Balaban J connectivity index is 2.69. The number of carbonyl (C=O) groups is 2. The number of sulfone groups is 1. The van der Waals surface area contributed by atoms with Gasteiger partial charge in [-0.05, 0) is 43.6 Å². The molecule has 10 heteroatoms. The molecule has 0 atom stereocenters. The number of hydrogen-bond donors (Lipinski definition) is 0. The maximum absolute atomic E-state index is 13.1. The van der Waals surface area contributed by atoms with Crippen LogP contribution in [0.5, 0.6) is 0 Å². The van der Waals surface area contributed by atoms with Gasteiger partial charge in [-0.25, -0.2) is 8.42 Å². The van der Waals surface area contributed by atoms with Gasteiger partial charge in [0.05, 0.1) is 20.3 Å². The van der Waals surface area contributed by atoms with Crippen LogP contribution in [0.15, 0.2) is 32.9 Å². The lowest BCUT2D eigenvalue weighted by molar-refractivity contribution is -0.137. The monoisotopic (exact) mass is 438 g/mol. The van der Waals surface area contributed by atoms with E-state index in [0.29, 0.717) is 29.2 Å². The third kappa shape index (κ3) is 4.97. The Bertz CT molecular complexity index is 908. The van der Waals surface area contributed by atoms with Crippen molar-refractivity contribution in [2.45, 2.75) is 23.9 Å². The first-order valence-electron chi connectivity index (χ1n) is 7.74. The maximum Gasteiger partial charge on any atom is 0.416 e. The van der Waals surface area contributed by atoms with Gasteiger partial charge < -0.3 is 0 Å². The van der Waals surface area contributed by atoms with Gasteiger partial charge in [0.15, 0.2) is 21.4 Å². The van der Waals surface area contributed by atoms with Crippen molar-refractivity contribution in [1.29, 1.82) is 0 Å². The zero-order chi connectivity index (χ0) is 20.6. The first-order valence-corrected chi connectivity index (χ1v) is 12.1. The van der Waals surface area contributed by atoms with Crippen LogP contribution in [0.3, 0.4) is 0 Å². The standard InChI is InChI=1S/C17H17F3O4S3/c1-25-16(26-2)13(14(21)9-4-5-9)15(22)11-7-6-10(17(18,19)20)8-12(11)27(3,23)24/h6-9H,4-5H2,1-3H3. The molecule has 0 saturated heterocycles. The average Bonchev–Trinajstić information content (AvgIpc) is 3.41. The summed E-state index contributed by atoms with van der Waals surface area (Å²) in [6.45, 7) is 0. The van der Waals surface area contributed by atoms with Crippen LogP contribution in [0.2, 0.25) is 0 Å². The number of thioether (sulfide) groups is 2. The molecule has 4 nitrogen and oxygen atoms in total. The second-order valence-corrected chi connectivity index (χ2v) is 9.89. The molecule has 0 heterocycles. The number of hydrogen-bond acceptors (Lipinski definition) is 6. The van der Waals surface area contributed by atoms with E-state index in [9.17, 15) is 31.2 Å². The van der Waals surface area contributed by atoms with Crippen LogP contribution in [0.4, 0.5) is 13.2 Å². The highest BCUT2D eigenvalue weighted by atomic mass is 32.2. The summed E-state index contributed by atoms with van der Waals surface area (Å²) < 4.78 is 63.5. The predicted octanol–water partition coefficient (Wildman–Crippen LogP) is 4.21. The van der Waals surface area contributed by atoms with Crippen LogP contribution in [0.25, 0.3) is 0 Å². The lowest BCUT2D eigenvalue weighted by Gasteiger charge is -2.15. The van der Waals surface area contributed by atoms with Crippen LogP contribution in [-0.2, 0) is 20.8 Å². The fourth-order valence-electron chi connectivity index (χ4n) is 2.47. The van der Waals surface area contributed by atoms with Crippen molar-refractivity contribution < 1.29 is 31.2 Å². The lowest BCUT2D eigenvalue weighted by Crippen LogP contribution is -2.19. The van der Waals surface area contributed by atoms with E-state index in [4.69, 9.17) is 0 Å². The first kappa shape index (κ1) is 22.0. The summed E-state index contributed by atoms with van der Waals surface area (Å²) in [6, 6.07) is 1.93. The Labute approximate surface area is 163 Å². The van der Waals surface area contributed by atoms with E-state index in [-0.39, 0.29) is 11.5 Å². The fourth-order valence-corrected chi connectivity index (χ4v) is 4.83. The number of halogens is 3. The normalized spacial score (nSPS) is 14.7. The molecule has 1 aromatic rings. The lowest BCUT2D eigenvalue weighted by atomic mass is 9.98. The SMILES string of the molecule is CSC(SC)=C(C(=O)c1ccc(C(F)(F)F)cc1S(C)(=O)=O)C(=O)C1CC1. The number of alkyl halides is 3. The molecule has 148 valence electrons. The average molecular weight is 439 g/mol. The Morgan fingerprint density at radius 2 is 1.67 bits per heavy atom. The molecule has 0 aliphatic heterocycles. The summed E-state index contributed by atoms with van der Waals surface area (Å²) in [4.78, 5) is 25.0. The minimum absolute atomic E-state index is 0.151. The van der Waals surface area contributed by atoms with E-state index < -0.39 is 43.6 Å². The number of benzene rings is 1. The molecule has 2 rings (SSSR count). The van der Waals surface area contributed by atoms with Gasteiger partial charge in [-0.15, -0.1) is 23.5 Å². The Morgan fingerprint density at radius 3 is 2.07 bits per heavy atom. The largest absolute Gasteiger partial charge is 0.416 e. The highest BCUT2D eigenvalue weighted by Crippen LogP contribution is 2.39. The molecule has 0 radical (unpaired) electrons. The van der Waals surface area contributed by atoms with Crippen LogP contribution in [-0.4, -0.2) is 38.8 Å². The fraction of sp³-hybridized carbons (Fsp3) is 0.412. The zero-order valence-electron chi connectivity index (χ0n) is 14.7. The molecule has 0 spiro atoms. The summed E-state index contributed by atoms with van der Waals surface area (Å²) in [5.74, 6) is -1.55. The molecule has 0 N–H and O–H groups in total. The van der Waals surface area contributed by atoms with E-state index in [1.807, 2.05) is 0 Å². The Kier molecular flexibility index (Phi) is 6.53. The van der Waals surface area contributed by atoms with Gasteiger partial charge in [-0.3, -0.25) is 9.59 Å². The summed E-state index contributed by atoms with van der Waals surface area (Å²) in [6.07, 6.45) is 0.588. The van der Waals surface area contributed by atoms with E-state index in [1.54, 1.807) is 12.5 Å². The second kappa shape index (κ2) is 8.00. The van der Waals surface area contributed by atoms with Crippen molar-refractivity contribution in [2.75, 3.05) is 18.8 Å². The number of rotatable bonds is 7. The Morgan fingerprint density at radius 1 is 1.11 bits per heavy atom. The van der Waals surface area contributed by atoms with Gasteiger partial charge in [0.25, 0.3) is 0 Å². The minimum atomic E-state index is -4.76. The molecule has 0 amide bonds. The molecule has 0 bridgehead atoms. The molecule has 1 aliphatic rings. The van der Waals surface area contributed by atoms with Gasteiger partial charge in [-0.1, -0.05) is 0 Å². The van der Waals surface area contributed by atoms with Crippen molar-refractivity contribution in [2.24, 2.45) is 5.92 Å². The van der Waals surface area contributed by atoms with Crippen molar-refractivity contribution in [3.63, 3.8) is 0 Å². The molecule has 27 heavy (non-hydrogen) atoms. The van der Waals surface area contributed by atoms with Crippen molar-refractivity contribution in [1.82, 2.24) is 0 Å². The molecule has 1 aromatic carbocycles. The summed E-state index contributed by atoms with van der Waals surface area (Å²) in [5.41, 5.74) is -1.74.